The molecule has 29 heavy (non-hydrogen) atoms. The lowest BCUT2D eigenvalue weighted by Crippen LogP contribution is -2.04. The third kappa shape index (κ3) is 3.84. The minimum absolute atomic E-state index is 0.325. The van der Waals surface area contributed by atoms with Gasteiger partial charge in [0.1, 0.15) is 5.82 Å². The molecule has 1 N–H and O–H groups in total. The second-order valence-corrected chi connectivity index (χ2v) is 6.14. The molecule has 3 aromatic heterocycles. The highest BCUT2D eigenvalue weighted by molar-refractivity contribution is 5.80. The second-order valence-electron chi connectivity index (χ2n) is 6.14. The average Bonchev–Trinajstić information content (AvgIpc) is 3.09. The summed E-state index contributed by atoms with van der Waals surface area (Å²) in [5.41, 5.74) is 3.59. The lowest BCUT2D eigenvalue weighted by Gasteiger charge is -2.10. The first-order valence-electron chi connectivity index (χ1n) is 8.85. The summed E-state index contributed by atoms with van der Waals surface area (Å²) < 4.78 is 44.4. The lowest BCUT2D eigenvalue weighted by atomic mass is 10.1. The van der Waals surface area contributed by atoms with Gasteiger partial charge >= 0.3 is 6.61 Å². The monoisotopic (exact) mass is 399 g/mol. The highest BCUT2D eigenvalue weighted by Crippen LogP contribution is 2.29. The van der Waals surface area contributed by atoms with Gasteiger partial charge in [-0.2, -0.15) is 13.9 Å². The minimum atomic E-state index is -3.09. The van der Waals surface area contributed by atoms with Crippen molar-refractivity contribution in [2.24, 2.45) is 0 Å². The summed E-state index contributed by atoms with van der Waals surface area (Å²) >= 11 is 0. The van der Waals surface area contributed by atoms with Crippen LogP contribution in [0.1, 0.15) is 12.6 Å². The first-order valence-corrected chi connectivity index (χ1v) is 8.85. The smallest absolute Gasteiger partial charge is 0.387 e. The number of rotatable bonds is 6. The van der Waals surface area contributed by atoms with E-state index in [9.17, 15) is 13.2 Å². The molecular formula is C20H16F3N5O. The zero-order valence-electron chi connectivity index (χ0n) is 15.3. The third-order valence-corrected chi connectivity index (χ3v) is 4.26. The van der Waals surface area contributed by atoms with E-state index in [2.05, 4.69) is 25.1 Å². The van der Waals surface area contributed by atoms with E-state index in [1.807, 2.05) is 31.3 Å². The van der Waals surface area contributed by atoms with Crippen LogP contribution in [0.25, 0.3) is 16.8 Å². The van der Waals surface area contributed by atoms with E-state index in [0.717, 1.165) is 28.9 Å². The van der Waals surface area contributed by atoms with Crippen molar-refractivity contribution in [2.45, 2.75) is 20.0 Å². The predicted molar refractivity (Wildman–Crippen MR) is 102 cm³/mol. The number of nitrogens with one attached hydrogen (secondary N) is 1. The van der Waals surface area contributed by atoms with Crippen LogP contribution in [0.2, 0.25) is 0 Å². The van der Waals surface area contributed by atoms with Crippen LogP contribution < -0.4 is 10.1 Å². The summed E-state index contributed by atoms with van der Waals surface area (Å²) in [6.07, 6.45) is 5.70. The van der Waals surface area contributed by atoms with Crippen molar-refractivity contribution in [3.8, 4) is 17.0 Å². The largest absolute Gasteiger partial charge is 0.432 e. The maximum Gasteiger partial charge on any atom is 0.387 e. The van der Waals surface area contributed by atoms with Gasteiger partial charge in [-0.1, -0.05) is 13.0 Å². The Kier molecular flexibility index (Phi) is 5.03. The molecule has 3 heterocycles. The number of hydrogen-bond donors (Lipinski definition) is 1. The number of nitrogens with zero attached hydrogens (tertiary/aromatic N) is 4. The Morgan fingerprint density at radius 3 is 2.79 bits per heavy atom. The molecule has 0 saturated heterocycles. The predicted octanol–water partition coefficient (Wildman–Crippen LogP) is 4.84. The van der Waals surface area contributed by atoms with Crippen LogP contribution in [0.15, 0.2) is 55.0 Å². The van der Waals surface area contributed by atoms with Gasteiger partial charge in [0.15, 0.2) is 11.6 Å². The Labute approximate surface area is 164 Å². The SMILES string of the molecule is CCc1nn2ccccc2c1-c1cncc(Nc2ccc(OC(F)F)c(F)c2)n1. The molecule has 0 unspecified atom stereocenters. The van der Waals surface area contributed by atoms with Gasteiger partial charge in [-0.25, -0.2) is 13.9 Å². The number of fused-ring (bicyclic) bond motifs is 1. The van der Waals surface area contributed by atoms with Crippen LogP contribution in [0.4, 0.5) is 24.7 Å². The summed E-state index contributed by atoms with van der Waals surface area (Å²) in [5.74, 6) is -1.05. The number of aromatic nitrogens is 4. The fourth-order valence-electron chi connectivity index (χ4n) is 3.04. The van der Waals surface area contributed by atoms with Gasteiger partial charge in [0.2, 0.25) is 0 Å². The standard InChI is InChI=1S/C20H16F3N5O/c1-2-14-19(16-5-3-4-8-28(16)27-14)15-10-24-11-18(26-15)25-12-6-7-17(13(21)9-12)29-20(22)23/h3-11,20H,2H2,1H3,(H,25,26). The van der Waals surface area contributed by atoms with E-state index in [0.29, 0.717) is 23.6 Å². The molecule has 4 rings (SSSR count). The first-order chi connectivity index (χ1) is 14.0. The summed E-state index contributed by atoms with van der Waals surface area (Å²) in [6, 6.07) is 9.35. The van der Waals surface area contributed by atoms with Gasteiger partial charge in [-0.15, -0.1) is 0 Å². The molecule has 0 amide bonds. The van der Waals surface area contributed by atoms with E-state index in [1.54, 1.807) is 10.7 Å². The maximum absolute atomic E-state index is 13.9. The fourth-order valence-corrected chi connectivity index (χ4v) is 3.04. The highest BCUT2D eigenvalue weighted by Gasteiger charge is 2.16. The van der Waals surface area contributed by atoms with Crippen molar-refractivity contribution >= 4 is 17.0 Å². The molecule has 0 spiro atoms. The van der Waals surface area contributed by atoms with Crippen LogP contribution in [0, 0.1) is 5.82 Å². The van der Waals surface area contributed by atoms with Crippen LogP contribution in [-0.2, 0) is 6.42 Å². The van der Waals surface area contributed by atoms with E-state index < -0.39 is 18.2 Å². The van der Waals surface area contributed by atoms with Gasteiger partial charge in [-0.05, 0) is 30.7 Å². The van der Waals surface area contributed by atoms with Crippen molar-refractivity contribution in [1.82, 2.24) is 19.6 Å². The van der Waals surface area contributed by atoms with E-state index in [-0.39, 0.29) is 0 Å². The van der Waals surface area contributed by atoms with E-state index >= 15 is 0 Å². The molecule has 9 heteroatoms. The van der Waals surface area contributed by atoms with Crippen LogP contribution >= 0.6 is 0 Å². The van der Waals surface area contributed by atoms with E-state index in [4.69, 9.17) is 0 Å². The molecule has 0 radical (unpaired) electrons. The number of alkyl halides is 2. The molecule has 0 bridgehead atoms. The van der Waals surface area contributed by atoms with Crippen molar-refractivity contribution in [3.63, 3.8) is 0 Å². The number of anilines is 2. The molecular weight excluding hydrogens is 383 g/mol. The molecule has 6 nitrogen and oxygen atoms in total. The zero-order valence-corrected chi connectivity index (χ0v) is 15.3. The number of pyridine rings is 1. The quantitative estimate of drug-likeness (QED) is 0.503. The van der Waals surface area contributed by atoms with E-state index in [1.165, 1.54) is 12.3 Å². The number of hydrogen-bond acceptors (Lipinski definition) is 5. The molecule has 0 aliphatic heterocycles. The molecule has 0 saturated carbocycles. The molecule has 0 aliphatic rings. The maximum atomic E-state index is 13.9. The summed E-state index contributed by atoms with van der Waals surface area (Å²) in [4.78, 5) is 8.79. The Morgan fingerprint density at radius 1 is 1.17 bits per heavy atom. The molecule has 0 aliphatic carbocycles. The van der Waals surface area contributed by atoms with Crippen molar-refractivity contribution in [3.05, 3.63) is 66.5 Å². The zero-order chi connectivity index (χ0) is 20.4. The fraction of sp³-hybridized carbons (Fsp3) is 0.150. The summed E-state index contributed by atoms with van der Waals surface area (Å²) in [7, 11) is 0. The van der Waals surface area contributed by atoms with Crippen molar-refractivity contribution < 1.29 is 17.9 Å². The van der Waals surface area contributed by atoms with Gasteiger partial charge < -0.3 is 10.1 Å². The average molecular weight is 399 g/mol. The third-order valence-electron chi connectivity index (χ3n) is 4.26. The Bertz CT molecular complexity index is 1160. The topological polar surface area (TPSA) is 64.3 Å². The Balaban J connectivity index is 1.66. The van der Waals surface area contributed by atoms with Gasteiger partial charge in [0.25, 0.3) is 0 Å². The summed E-state index contributed by atoms with van der Waals surface area (Å²) in [6.45, 7) is -1.09. The van der Waals surface area contributed by atoms with Gasteiger partial charge in [-0.3, -0.25) is 4.98 Å². The molecule has 1 aromatic carbocycles. The minimum Gasteiger partial charge on any atom is -0.432 e. The number of aryl methyl sites for hydroxylation is 1. The lowest BCUT2D eigenvalue weighted by molar-refractivity contribution is -0.0521. The first kappa shape index (κ1) is 18.7. The van der Waals surface area contributed by atoms with Crippen LogP contribution in [0.3, 0.4) is 0 Å². The van der Waals surface area contributed by atoms with Crippen molar-refractivity contribution in [2.75, 3.05) is 5.32 Å². The molecule has 0 atom stereocenters. The van der Waals surface area contributed by atoms with Crippen LogP contribution in [-0.4, -0.2) is 26.2 Å². The normalized spacial score (nSPS) is 11.2. The highest BCUT2D eigenvalue weighted by atomic mass is 19.3. The van der Waals surface area contributed by atoms with Crippen molar-refractivity contribution in [1.29, 1.82) is 0 Å². The molecule has 0 fully saturated rings. The summed E-state index contributed by atoms with van der Waals surface area (Å²) in [5, 5.41) is 7.50. The second kappa shape index (κ2) is 7.78. The Morgan fingerprint density at radius 2 is 2.03 bits per heavy atom. The van der Waals surface area contributed by atoms with Gasteiger partial charge in [0, 0.05) is 18.0 Å². The molecule has 4 aromatic rings. The van der Waals surface area contributed by atoms with Crippen LogP contribution in [0.5, 0.6) is 5.75 Å². The number of halogens is 3. The molecule has 148 valence electrons. The Hall–Kier alpha value is -3.62. The number of ether oxygens (including phenoxy) is 1. The van der Waals surface area contributed by atoms with Gasteiger partial charge in [0.05, 0.1) is 34.9 Å². The number of benzene rings is 1.